The predicted octanol–water partition coefficient (Wildman–Crippen LogP) is 12.2. The zero-order valence-corrected chi connectivity index (χ0v) is 26.8. The van der Waals surface area contributed by atoms with E-state index in [-0.39, 0.29) is 6.10 Å². The van der Waals surface area contributed by atoms with Crippen LogP contribution in [0.1, 0.15) is 206 Å². The van der Waals surface area contributed by atoms with Gasteiger partial charge in [-0.15, -0.1) is 0 Å². The average Bonchev–Trinajstić information content (AvgIpc) is 2.88. The molecule has 5 heteroatoms. The highest BCUT2D eigenvalue weighted by atomic mass is 31.2. The molecule has 0 radical (unpaired) electrons. The summed E-state index contributed by atoms with van der Waals surface area (Å²) in [7, 11) is -4.40. The van der Waals surface area contributed by atoms with Crippen LogP contribution in [-0.2, 0) is 9.09 Å². The molecule has 0 fully saturated rings. The van der Waals surface area contributed by atoms with E-state index < -0.39 is 7.82 Å². The van der Waals surface area contributed by atoms with Gasteiger partial charge in [-0.05, 0) is 12.8 Å². The lowest BCUT2D eigenvalue weighted by Crippen LogP contribution is -2.11. The summed E-state index contributed by atoms with van der Waals surface area (Å²) < 4.78 is 16.5. The van der Waals surface area contributed by atoms with Crippen LogP contribution in [0.15, 0.2) is 0 Å². The summed E-state index contributed by atoms with van der Waals surface area (Å²) in [4.78, 5) is 18.6. The van der Waals surface area contributed by atoms with Gasteiger partial charge in [-0.3, -0.25) is 4.52 Å². The second kappa shape index (κ2) is 30.1. The van der Waals surface area contributed by atoms with E-state index in [9.17, 15) is 14.4 Å². The van der Waals surface area contributed by atoms with Gasteiger partial charge in [-0.25, -0.2) is 4.57 Å². The molecule has 2 N–H and O–H groups in total. The van der Waals surface area contributed by atoms with Crippen LogP contribution in [0.4, 0.5) is 0 Å². The Labute approximate surface area is 239 Å². The molecule has 0 aromatic heterocycles. The third-order valence-corrected chi connectivity index (χ3v) is 8.62. The van der Waals surface area contributed by atoms with E-state index in [1.54, 1.807) is 0 Å². The lowest BCUT2D eigenvalue weighted by molar-refractivity contribution is 0.115. The van der Waals surface area contributed by atoms with Crippen molar-refractivity contribution in [2.24, 2.45) is 0 Å². The van der Waals surface area contributed by atoms with Crippen molar-refractivity contribution in [1.82, 2.24) is 0 Å². The van der Waals surface area contributed by atoms with Crippen LogP contribution in [0.3, 0.4) is 0 Å². The van der Waals surface area contributed by atoms with Crippen LogP contribution < -0.4 is 0 Å². The maximum atomic E-state index is 11.4. The third kappa shape index (κ3) is 32.3. The summed E-state index contributed by atoms with van der Waals surface area (Å²) in [6.45, 7) is 4.55. The molecule has 230 valence electrons. The van der Waals surface area contributed by atoms with Gasteiger partial charge >= 0.3 is 7.82 Å². The highest BCUT2D eigenvalue weighted by Gasteiger charge is 2.21. The highest BCUT2D eigenvalue weighted by molar-refractivity contribution is 7.46. The van der Waals surface area contributed by atoms with Gasteiger partial charge in [0, 0.05) is 0 Å². The fourth-order valence-electron chi connectivity index (χ4n) is 5.58. The van der Waals surface area contributed by atoms with Gasteiger partial charge in [0.2, 0.25) is 0 Å². The fourth-order valence-corrected chi connectivity index (χ4v) is 6.18. The largest absolute Gasteiger partial charge is 0.469 e. The second-order valence-corrected chi connectivity index (χ2v) is 13.2. The van der Waals surface area contributed by atoms with Gasteiger partial charge in [0.1, 0.15) is 0 Å². The topological polar surface area (TPSA) is 66.8 Å². The molecule has 0 spiro atoms. The number of phosphoric acid groups is 1. The number of hydrogen-bond acceptors (Lipinski definition) is 2. The number of phosphoric ester groups is 1. The third-order valence-electron chi connectivity index (χ3n) is 8.05. The summed E-state index contributed by atoms with van der Waals surface area (Å²) in [6.07, 6.45) is 38.3. The van der Waals surface area contributed by atoms with Crippen molar-refractivity contribution in [3.05, 3.63) is 0 Å². The van der Waals surface area contributed by atoms with Gasteiger partial charge < -0.3 is 9.79 Å². The van der Waals surface area contributed by atoms with Gasteiger partial charge in [-0.1, -0.05) is 194 Å². The fraction of sp³-hybridized carbons (Fsp3) is 1.00. The van der Waals surface area contributed by atoms with Crippen LogP contribution in [0, 0.1) is 0 Å². The summed E-state index contributed by atoms with van der Waals surface area (Å²) >= 11 is 0. The Balaban J connectivity index is 3.61. The molecule has 0 saturated heterocycles. The van der Waals surface area contributed by atoms with Gasteiger partial charge in [0.25, 0.3) is 0 Å². The lowest BCUT2D eigenvalue weighted by Gasteiger charge is -2.18. The lowest BCUT2D eigenvalue weighted by atomic mass is 10.0. The molecule has 0 amide bonds. The van der Waals surface area contributed by atoms with E-state index in [0.717, 1.165) is 38.5 Å². The maximum Gasteiger partial charge on any atom is 0.469 e. The molecule has 0 saturated carbocycles. The highest BCUT2D eigenvalue weighted by Crippen LogP contribution is 2.39. The van der Waals surface area contributed by atoms with Crippen LogP contribution >= 0.6 is 7.82 Å². The molecule has 0 unspecified atom stereocenters. The molecule has 0 rings (SSSR count). The molecule has 4 nitrogen and oxygen atoms in total. The standard InChI is InChI=1S/C33H69O4P/c1-3-5-7-9-11-13-15-17-19-21-23-25-27-29-31-33(37-38(34,35)36)32-30-28-26-24-22-20-18-16-14-12-10-8-6-4-2/h33H,3-32H2,1-2H3,(H2,34,35,36). The zero-order chi connectivity index (χ0) is 28.0. The average molecular weight is 561 g/mol. The number of unbranched alkanes of at least 4 members (excludes halogenated alkanes) is 26. The first kappa shape index (κ1) is 38.1. The number of hydrogen-bond donors (Lipinski definition) is 2. The first-order valence-electron chi connectivity index (χ1n) is 17.2. The summed E-state index contributed by atoms with van der Waals surface area (Å²) in [5.74, 6) is 0. The van der Waals surface area contributed by atoms with E-state index >= 15 is 0 Å². The minimum Gasteiger partial charge on any atom is -0.303 e. The minimum atomic E-state index is -4.40. The molecular formula is C33H69O4P. The summed E-state index contributed by atoms with van der Waals surface area (Å²) in [5.41, 5.74) is 0. The Kier molecular flexibility index (Phi) is 30.2. The monoisotopic (exact) mass is 560 g/mol. The normalized spacial score (nSPS) is 12.1. The van der Waals surface area contributed by atoms with Crippen molar-refractivity contribution < 1.29 is 18.9 Å². The molecule has 38 heavy (non-hydrogen) atoms. The van der Waals surface area contributed by atoms with Crippen molar-refractivity contribution in [2.75, 3.05) is 0 Å². The Bertz CT molecular complexity index is 461. The van der Waals surface area contributed by atoms with E-state index in [4.69, 9.17) is 4.52 Å². The summed E-state index contributed by atoms with van der Waals surface area (Å²) in [6, 6.07) is 0. The minimum absolute atomic E-state index is 0.287. The molecule has 0 bridgehead atoms. The first-order chi connectivity index (χ1) is 18.5. The molecule has 0 atom stereocenters. The smallest absolute Gasteiger partial charge is 0.303 e. The second-order valence-electron chi connectivity index (χ2n) is 12.0. The molecule has 0 aliphatic rings. The van der Waals surface area contributed by atoms with Crippen molar-refractivity contribution in [3.63, 3.8) is 0 Å². The van der Waals surface area contributed by atoms with Crippen molar-refractivity contribution in [2.45, 2.75) is 213 Å². The van der Waals surface area contributed by atoms with Crippen molar-refractivity contribution >= 4 is 7.82 Å². The molecule has 0 heterocycles. The van der Waals surface area contributed by atoms with E-state index in [2.05, 4.69) is 13.8 Å². The SMILES string of the molecule is CCCCCCCCCCCCCCCCC(CCCCCCCCCCCCCCCC)OP(=O)(O)O. The van der Waals surface area contributed by atoms with Crippen LogP contribution in [0.2, 0.25) is 0 Å². The molecule has 0 aromatic rings. The predicted molar refractivity (Wildman–Crippen MR) is 167 cm³/mol. The maximum absolute atomic E-state index is 11.4. The molecular weight excluding hydrogens is 491 g/mol. The van der Waals surface area contributed by atoms with Gasteiger partial charge in [0.15, 0.2) is 0 Å². The van der Waals surface area contributed by atoms with Gasteiger partial charge in [-0.2, -0.15) is 0 Å². The Morgan fingerprint density at radius 2 is 0.632 bits per heavy atom. The molecule has 0 aliphatic heterocycles. The Morgan fingerprint density at radius 1 is 0.421 bits per heavy atom. The van der Waals surface area contributed by atoms with Gasteiger partial charge in [0.05, 0.1) is 6.10 Å². The zero-order valence-electron chi connectivity index (χ0n) is 25.9. The first-order valence-corrected chi connectivity index (χ1v) is 18.8. The van der Waals surface area contributed by atoms with Crippen molar-refractivity contribution in [1.29, 1.82) is 0 Å². The van der Waals surface area contributed by atoms with Crippen LogP contribution in [-0.4, -0.2) is 15.9 Å². The Morgan fingerprint density at radius 3 is 0.842 bits per heavy atom. The molecule has 0 aliphatic carbocycles. The number of rotatable bonds is 32. The van der Waals surface area contributed by atoms with E-state index in [1.807, 2.05) is 0 Å². The quantitative estimate of drug-likeness (QED) is 0.0634. The molecule has 0 aromatic carbocycles. The van der Waals surface area contributed by atoms with E-state index in [0.29, 0.717) is 0 Å². The Hall–Kier alpha value is 0.110. The van der Waals surface area contributed by atoms with Crippen LogP contribution in [0.5, 0.6) is 0 Å². The summed E-state index contributed by atoms with van der Waals surface area (Å²) in [5, 5.41) is 0. The van der Waals surface area contributed by atoms with Crippen molar-refractivity contribution in [3.8, 4) is 0 Å². The van der Waals surface area contributed by atoms with Crippen LogP contribution in [0.25, 0.3) is 0 Å². The van der Waals surface area contributed by atoms with E-state index in [1.165, 1.54) is 154 Å².